The first-order valence-electron chi connectivity index (χ1n) is 6.98. The molecule has 20 heavy (non-hydrogen) atoms. The van der Waals surface area contributed by atoms with Crippen molar-refractivity contribution in [2.75, 3.05) is 19.7 Å². The summed E-state index contributed by atoms with van der Waals surface area (Å²) in [5, 5.41) is 0. The van der Waals surface area contributed by atoms with E-state index in [1.54, 1.807) is 22.5 Å². The first kappa shape index (κ1) is 15.8. The van der Waals surface area contributed by atoms with Crippen molar-refractivity contribution in [3.63, 3.8) is 0 Å². The van der Waals surface area contributed by atoms with Crippen LogP contribution in [0.3, 0.4) is 0 Å². The van der Waals surface area contributed by atoms with Crippen LogP contribution in [0.1, 0.15) is 32.6 Å². The maximum atomic E-state index is 12.8. The summed E-state index contributed by atoms with van der Waals surface area (Å²) in [6.07, 6.45) is 4.06. The van der Waals surface area contributed by atoms with Crippen LogP contribution < -0.4 is 4.74 Å². The highest BCUT2D eigenvalue weighted by Gasteiger charge is 2.28. The molecule has 0 bridgehead atoms. The van der Waals surface area contributed by atoms with Crippen molar-refractivity contribution in [3.8, 4) is 5.75 Å². The summed E-state index contributed by atoms with van der Waals surface area (Å²) in [5.74, 6) is 0.431. The molecule has 112 valence electrons. The summed E-state index contributed by atoms with van der Waals surface area (Å²) in [6, 6.07) is 5.13. The van der Waals surface area contributed by atoms with Crippen LogP contribution in [0.25, 0.3) is 0 Å². The van der Waals surface area contributed by atoms with Gasteiger partial charge in [0.25, 0.3) is 0 Å². The lowest BCUT2D eigenvalue weighted by molar-refractivity contribution is 0.328. The Morgan fingerprint density at radius 3 is 2.45 bits per heavy atom. The Labute approximate surface area is 129 Å². The summed E-state index contributed by atoms with van der Waals surface area (Å²) < 4.78 is 33.4. The fourth-order valence-corrected chi connectivity index (χ4v) is 4.57. The normalized spacial score (nSPS) is 17.7. The van der Waals surface area contributed by atoms with Gasteiger partial charge in [0.2, 0.25) is 10.0 Å². The van der Waals surface area contributed by atoms with Gasteiger partial charge < -0.3 is 4.74 Å². The van der Waals surface area contributed by atoms with Gasteiger partial charge in [-0.05, 0) is 38.0 Å². The van der Waals surface area contributed by atoms with Crippen LogP contribution in [0.5, 0.6) is 5.75 Å². The van der Waals surface area contributed by atoms with Crippen molar-refractivity contribution in [1.82, 2.24) is 4.31 Å². The molecule has 0 unspecified atom stereocenters. The highest BCUT2D eigenvalue weighted by atomic mass is 79.9. The van der Waals surface area contributed by atoms with Crippen molar-refractivity contribution in [3.05, 3.63) is 22.7 Å². The van der Waals surface area contributed by atoms with E-state index in [-0.39, 0.29) is 4.90 Å². The van der Waals surface area contributed by atoms with E-state index in [1.165, 1.54) is 0 Å². The Kier molecular flexibility index (Phi) is 5.46. The van der Waals surface area contributed by atoms with Crippen molar-refractivity contribution in [2.45, 2.75) is 37.5 Å². The number of nitrogens with zero attached hydrogens (tertiary/aromatic N) is 1. The summed E-state index contributed by atoms with van der Waals surface area (Å²) in [4.78, 5) is 0.260. The lowest BCUT2D eigenvalue weighted by Gasteiger charge is -2.21. The van der Waals surface area contributed by atoms with Gasteiger partial charge in [-0.15, -0.1) is 0 Å². The van der Waals surface area contributed by atoms with Crippen LogP contribution in [0.15, 0.2) is 27.6 Å². The third-order valence-electron chi connectivity index (χ3n) is 3.39. The smallest absolute Gasteiger partial charge is 0.246 e. The lowest BCUT2D eigenvalue weighted by atomic mass is 10.2. The molecular formula is C14H20BrNO3S. The number of halogens is 1. The van der Waals surface area contributed by atoms with E-state index < -0.39 is 10.0 Å². The fraction of sp³-hybridized carbons (Fsp3) is 0.571. The molecule has 1 fully saturated rings. The van der Waals surface area contributed by atoms with Crippen LogP contribution in [0.4, 0.5) is 0 Å². The second-order valence-corrected chi connectivity index (χ2v) is 7.66. The average Bonchev–Trinajstić information content (AvgIpc) is 2.70. The van der Waals surface area contributed by atoms with Crippen molar-refractivity contribution in [2.24, 2.45) is 0 Å². The van der Waals surface area contributed by atoms with Crippen molar-refractivity contribution < 1.29 is 13.2 Å². The largest absolute Gasteiger partial charge is 0.492 e. The molecule has 0 atom stereocenters. The van der Waals surface area contributed by atoms with Gasteiger partial charge in [0.05, 0.1) is 6.61 Å². The van der Waals surface area contributed by atoms with Crippen molar-refractivity contribution in [1.29, 1.82) is 0 Å². The molecule has 0 spiro atoms. The van der Waals surface area contributed by atoms with E-state index in [9.17, 15) is 8.42 Å². The van der Waals surface area contributed by atoms with Crippen LogP contribution in [0, 0.1) is 0 Å². The SMILES string of the molecule is CCOc1ccc(Br)cc1S(=O)(=O)N1CCCCCC1. The summed E-state index contributed by atoms with van der Waals surface area (Å²) >= 11 is 3.34. The Morgan fingerprint density at radius 2 is 1.85 bits per heavy atom. The first-order valence-corrected chi connectivity index (χ1v) is 9.21. The minimum absolute atomic E-state index is 0.260. The number of hydrogen-bond acceptors (Lipinski definition) is 3. The van der Waals surface area contributed by atoms with Crippen molar-refractivity contribution >= 4 is 26.0 Å². The summed E-state index contributed by atoms with van der Waals surface area (Å²) in [5.41, 5.74) is 0. The third-order valence-corrected chi connectivity index (χ3v) is 5.80. The Balaban J connectivity index is 2.39. The highest BCUT2D eigenvalue weighted by Crippen LogP contribution is 2.31. The van der Waals surface area contributed by atoms with E-state index >= 15 is 0 Å². The van der Waals surface area contributed by atoms with Crippen LogP contribution in [-0.4, -0.2) is 32.4 Å². The minimum atomic E-state index is -3.48. The molecule has 0 aliphatic carbocycles. The van der Waals surface area contributed by atoms with Gasteiger partial charge in [-0.2, -0.15) is 4.31 Å². The van der Waals surface area contributed by atoms with Gasteiger partial charge in [-0.3, -0.25) is 0 Å². The Hall–Kier alpha value is -0.590. The van der Waals surface area contributed by atoms with Crippen LogP contribution >= 0.6 is 15.9 Å². The molecule has 0 aromatic heterocycles. The standard InChI is InChI=1S/C14H20BrNO3S/c1-2-19-13-8-7-12(15)11-14(13)20(17,18)16-9-5-3-4-6-10-16/h7-8,11H,2-6,9-10H2,1H3. The van der Waals surface area contributed by atoms with E-state index in [2.05, 4.69) is 15.9 Å². The van der Waals surface area contributed by atoms with E-state index in [0.29, 0.717) is 25.4 Å². The topological polar surface area (TPSA) is 46.6 Å². The average molecular weight is 362 g/mol. The zero-order chi connectivity index (χ0) is 14.6. The predicted molar refractivity (Wildman–Crippen MR) is 82.5 cm³/mol. The monoisotopic (exact) mass is 361 g/mol. The third kappa shape index (κ3) is 3.54. The zero-order valence-electron chi connectivity index (χ0n) is 11.6. The highest BCUT2D eigenvalue weighted by molar-refractivity contribution is 9.10. The molecule has 1 aromatic rings. The van der Waals surface area contributed by atoms with Gasteiger partial charge in [0.15, 0.2) is 0 Å². The van der Waals surface area contributed by atoms with E-state index in [4.69, 9.17) is 4.74 Å². The summed E-state index contributed by atoms with van der Waals surface area (Å²) in [6.45, 7) is 3.50. The molecule has 6 heteroatoms. The maximum Gasteiger partial charge on any atom is 0.246 e. The molecule has 1 heterocycles. The fourth-order valence-electron chi connectivity index (χ4n) is 2.38. The predicted octanol–water partition coefficient (Wildman–Crippen LogP) is 3.41. The van der Waals surface area contributed by atoms with E-state index in [1.807, 2.05) is 6.92 Å². The molecule has 0 N–H and O–H groups in total. The number of benzene rings is 1. The van der Waals surface area contributed by atoms with E-state index in [0.717, 1.165) is 30.2 Å². The van der Waals surface area contributed by atoms with Crippen LogP contribution in [-0.2, 0) is 10.0 Å². The molecule has 1 aromatic carbocycles. The minimum Gasteiger partial charge on any atom is -0.492 e. The first-order chi connectivity index (χ1) is 9.55. The number of hydrogen-bond donors (Lipinski definition) is 0. The molecule has 4 nitrogen and oxygen atoms in total. The number of rotatable bonds is 4. The molecule has 2 rings (SSSR count). The second-order valence-electron chi connectivity index (χ2n) is 4.84. The maximum absolute atomic E-state index is 12.8. The van der Waals surface area contributed by atoms with Gasteiger partial charge in [0, 0.05) is 17.6 Å². The molecule has 0 saturated carbocycles. The zero-order valence-corrected chi connectivity index (χ0v) is 14.0. The summed E-state index contributed by atoms with van der Waals surface area (Å²) in [7, 11) is -3.48. The molecule has 1 aliphatic rings. The van der Waals surface area contributed by atoms with Gasteiger partial charge in [0.1, 0.15) is 10.6 Å². The molecular weight excluding hydrogens is 342 g/mol. The number of sulfonamides is 1. The molecule has 1 aliphatic heterocycles. The molecule has 0 amide bonds. The molecule has 0 radical (unpaired) electrons. The number of ether oxygens (including phenoxy) is 1. The van der Waals surface area contributed by atoms with Crippen LogP contribution in [0.2, 0.25) is 0 Å². The van der Waals surface area contributed by atoms with Gasteiger partial charge in [-0.25, -0.2) is 8.42 Å². The van der Waals surface area contributed by atoms with Gasteiger partial charge >= 0.3 is 0 Å². The Morgan fingerprint density at radius 1 is 1.20 bits per heavy atom. The molecule has 1 saturated heterocycles. The quantitative estimate of drug-likeness (QED) is 0.825. The Bertz CT molecular complexity index is 552. The van der Waals surface area contributed by atoms with Gasteiger partial charge in [-0.1, -0.05) is 28.8 Å². The second kappa shape index (κ2) is 6.91. The lowest BCUT2D eigenvalue weighted by Crippen LogP contribution is -2.32.